The van der Waals surface area contributed by atoms with E-state index in [0.717, 1.165) is 25.7 Å². The summed E-state index contributed by atoms with van der Waals surface area (Å²) in [5.74, 6) is -3.86. The van der Waals surface area contributed by atoms with Crippen LogP contribution in [0.25, 0.3) is 0 Å². The molecule has 20 nitrogen and oxygen atoms in total. The highest BCUT2D eigenvalue weighted by molar-refractivity contribution is 7.99. The van der Waals surface area contributed by atoms with Crippen molar-refractivity contribution >= 4 is 70.6 Å². The van der Waals surface area contributed by atoms with Gasteiger partial charge in [-0.3, -0.25) is 34.1 Å². The predicted octanol–water partition coefficient (Wildman–Crippen LogP) is 8.91. The standard InChI is InChI=1S/C63H97N7O13S/c1-14-41(6)57(52(80-11)36-55(74)70-33-23-28-50(70)59(81-12)42(7)60(76)65-43(8)58(75)45-24-19-18-20-25-45)68(9)61(77)47(39(2)3)35-51(71)56(40(4)5)69(10)63(79)82-37-44-29-30-48(67-62(78)83-46-26-21-16-15-17-22-27-46)49(34-44)66-53(72)31-32-64-54(73)38-84-13/h18-21,24-26,29-30,34,39-43,46-47,50,52,56-59,75H,14-17,22-23,27-28,31-33,35-38H2,1-13H3,(H,64,73)(H,65,76)(H,66,72)(H,67,78)/b26-21+/t41-,42+,43+,46?,47?,50-,52+,56-,57-,58+,59+/m0/s1. The maximum absolute atomic E-state index is 14.9. The number of aliphatic hydroxyl groups is 1. The summed E-state index contributed by atoms with van der Waals surface area (Å²) in [5, 5.41) is 22.1. The molecule has 0 aromatic heterocycles. The smallest absolute Gasteiger partial charge is 0.412 e. The fourth-order valence-electron chi connectivity index (χ4n) is 11.4. The summed E-state index contributed by atoms with van der Waals surface area (Å²) in [6.45, 7) is 15.1. The van der Waals surface area contributed by atoms with Crippen LogP contribution in [0.4, 0.5) is 21.0 Å². The fourth-order valence-corrected chi connectivity index (χ4v) is 11.8. The van der Waals surface area contributed by atoms with Crippen LogP contribution in [0.1, 0.15) is 143 Å². The Balaban J connectivity index is 1.46. The third kappa shape index (κ3) is 20.9. The van der Waals surface area contributed by atoms with Crippen LogP contribution in [0.2, 0.25) is 0 Å². The molecule has 84 heavy (non-hydrogen) atoms. The van der Waals surface area contributed by atoms with Gasteiger partial charge in [-0.2, -0.15) is 11.8 Å². The van der Waals surface area contributed by atoms with Crippen molar-refractivity contribution in [2.45, 2.75) is 181 Å². The van der Waals surface area contributed by atoms with E-state index < -0.39 is 78.5 Å². The Morgan fingerprint density at radius 1 is 0.810 bits per heavy atom. The number of ether oxygens (including phenoxy) is 4. The Hall–Kier alpha value is -6.03. The van der Waals surface area contributed by atoms with E-state index in [1.165, 1.54) is 37.9 Å². The molecule has 2 aliphatic rings. The Bertz CT molecular complexity index is 2500. The number of carbonyl (C=O) groups is 8. The summed E-state index contributed by atoms with van der Waals surface area (Å²) < 4.78 is 23.6. The second-order valence-electron chi connectivity index (χ2n) is 23.2. The fraction of sp³-hybridized carbons (Fsp3) is 0.651. The number of rotatable bonds is 31. The third-order valence-corrected chi connectivity index (χ3v) is 16.9. The van der Waals surface area contributed by atoms with Gasteiger partial charge in [0, 0.05) is 60.2 Å². The lowest BCUT2D eigenvalue weighted by molar-refractivity contribution is -0.149. The van der Waals surface area contributed by atoms with Crippen LogP contribution in [-0.2, 0) is 54.3 Å². The van der Waals surface area contributed by atoms with Crippen LogP contribution < -0.4 is 21.3 Å². The lowest BCUT2D eigenvalue weighted by atomic mass is 9.83. The number of hydrogen-bond donors (Lipinski definition) is 5. The molecule has 2 unspecified atom stereocenters. The number of thioether (sulfide) groups is 1. The number of likely N-dealkylation sites (N-methyl/N-ethyl adjacent to an activating group) is 2. The Kier molecular flexibility index (Phi) is 29.7. The number of aliphatic hydroxyl groups excluding tert-OH is 1. The van der Waals surface area contributed by atoms with Crippen molar-refractivity contribution in [1.29, 1.82) is 0 Å². The Morgan fingerprint density at radius 3 is 2.17 bits per heavy atom. The first-order valence-corrected chi connectivity index (χ1v) is 31.3. The molecule has 0 radical (unpaired) electrons. The van der Waals surface area contributed by atoms with Crippen LogP contribution in [0.15, 0.2) is 60.7 Å². The largest absolute Gasteiger partial charge is 0.445 e. The van der Waals surface area contributed by atoms with Crippen LogP contribution in [0.3, 0.4) is 0 Å². The van der Waals surface area contributed by atoms with Gasteiger partial charge in [0.25, 0.3) is 0 Å². The van der Waals surface area contributed by atoms with Gasteiger partial charge < -0.3 is 54.7 Å². The molecule has 2 aromatic rings. The normalized spacial score (nSPS) is 18.9. The number of nitrogens with zero attached hydrogens (tertiary/aromatic N) is 3. The number of anilines is 2. The molecule has 1 fully saturated rings. The SMILES string of the molecule is CC[C@H](C)[C@@H]([C@@H](CC(=O)N1CCC[C@H]1[C@H](OC)[C@@H](C)C(=O)N[C@H](C)[C@@H](O)c1ccccc1)OC)N(C)C(=O)C(CC(=O)[C@H](C(C)C)N(C)C(=O)OCc1ccc(NC(=O)OC2/C=C/CCCCC2)c(NC(=O)CCNC(=O)CSC)c1)C(C)C. The maximum atomic E-state index is 14.9. The van der Waals surface area contributed by atoms with E-state index >= 15 is 0 Å². The highest BCUT2D eigenvalue weighted by Crippen LogP contribution is 2.32. The highest BCUT2D eigenvalue weighted by Gasteiger charge is 2.44. The van der Waals surface area contributed by atoms with Crippen molar-refractivity contribution in [2.24, 2.45) is 29.6 Å². The number of benzene rings is 2. The minimum Gasteiger partial charge on any atom is -0.445 e. The van der Waals surface area contributed by atoms with Gasteiger partial charge in [-0.15, -0.1) is 0 Å². The summed E-state index contributed by atoms with van der Waals surface area (Å²) in [7, 11) is 6.21. The zero-order valence-electron chi connectivity index (χ0n) is 52.0. The van der Waals surface area contributed by atoms with Crippen molar-refractivity contribution in [1.82, 2.24) is 25.3 Å². The van der Waals surface area contributed by atoms with Crippen LogP contribution >= 0.6 is 11.8 Å². The lowest BCUT2D eigenvalue weighted by Gasteiger charge is -2.41. The van der Waals surface area contributed by atoms with E-state index in [0.29, 0.717) is 43.4 Å². The molecular formula is C63H97N7O13S. The topological polar surface area (TPSA) is 252 Å². The summed E-state index contributed by atoms with van der Waals surface area (Å²) in [5.41, 5.74) is 1.58. The number of allylic oxidation sites excluding steroid dienone is 1. The molecule has 7 amide bonds. The molecular weight excluding hydrogens is 1090 g/mol. The average Bonchev–Trinajstić information content (AvgIpc) is 3.44. The number of ketones is 1. The van der Waals surface area contributed by atoms with E-state index in [1.807, 2.05) is 71.9 Å². The first-order valence-electron chi connectivity index (χ1n) is 29.9. The zero-order valence-corrected chi connectivity index (χ0v) is 52.8. The molecule has 0 saturated carbocycles. The molecule has 1 aliphatic carbocycles. The van der Waals surface area contributed by atoms with Gasteiger partial charge in [-0.1, -0.05) is 104 Å². The van der Waals surface area contributed by atoms with Gasteiger partial charge >= 0.3 is 12.2 Å². The van der Waals surface area contributed by atoms with Crippen LogP contribution in [0, 0.1) is 29.6 Å². The minimum absolute atomic E-state index is 0.0531. The van der Waals surface area contributed by atoms with Gasteiger partial charge in [0.15, 0.2) is 5.78 Å². The van der Waals surface area contributed by atoms with Gasteiger partial charge in [-0.25, -0.2) is 9.59 Å². The van der Waals surface area contributed by atoms with Crippen molar-refractivity contribution in [2.75, 3.05) is 64.0 Å². The molecule has 0 bridgehead atoms. The molecule has 468 valence electrons. The van der Waals surface area contributed by atoms with E-state index in [4.69, 9.17) is 18.9 Å². The second kappa shape index (κ2) is 35.4. The zero-order chi connectivity index (χ0) is 62.2. The number of carbonyl (C=O) groups excluding carboxylic acids is 8. The molecule has 21 heteroatoms. The number of amides is 7. The van der Waals surface area contributed by atoms with Crippen molar-refractivity contribution < 1.29 is 62.4 Å². The number of nitrogens with one attached hydrogen (secondary N) is 4. The summed E-state index contributed by atoms with van der Waals surface area (Å²) in [4.78, 5) is 115. The van der Waals surface area contributed by atoms with Crippen molar-refractivity contribution in [3.05, 3.63) is 71.8 Å². The van der Waals surface area contributed by atoms with E-state index in [1.54, 1.807) is 67.3 Å². The average molecular weight is 1190 g/mol. The van der Waals surface area contributed by atoms with E-state index in [2.05, 4.69) is 21.3 Å². The first kappa shape index (κ1) is 70.5. The molecule has 0 spiro atoms. The quantitative estimate of drug-likeness (QED) is 0.0442. The molecule has 2 aromatic carbocycles. The molecule has 11 atom stereocenters. The Morgan fingerprint density at radius 2 is 1.52 bits per heavy atom. The third-order valence-electron chi connectivity index (χ3n) is 16.3. The number of likely N-dealkylation sites (tertiary alicyclic amines) is 1. The summed E-state index contributed by atoms with van der Waals surface area (Å²) >= 11 is 1.36. The molecule has 1 heterocycles. The van der Waals surface area contributed by atoms with Gasteiger partial charge in [-0.05, 0) is 98.8 Å². The van der Waals surface area contributed by atoms with E-state index in [-0.39, 0.29) is 96.7 Å². The summed E-state index contributed by atoms with van der Waals surface area (Å²) in [6, 6.07) is 11.3. The molecule has 5 N–H and O–H groups in total. The van der Waals surface area contributed by atoms with Gasteiger partial charge in [0.2, 0.25) is 29.5 Å². The maximum Gasteiger partial charge on any atom is 0.412 e. The highest BCUT2D eigenvalue weighted by atomic mass is 32.2. The monoisotopic (exact) mass is 1190 g/mol. The number of hydrogen-bond acceptors (Lipinski definition) is 14. The molecule has 4 rings (SSSR count). The van der Waals surface area contributed by atoms with E-state index in [9.17, 15) is 43.5 Å². The number of methoxy groups -OCH3 is 2. The van der Waals surface area contributed by atoms with Gasteiger partial charge in [0.1, 0.15) is 12.7 Å². The van der Waals surface area contributed by atoms with Crippen molar-refractivity contribution in [3.8, 4) is 0 Å². The van der Waals surface area contributed by atoms with Crippen molar-refractivity contribution in [3.63, 3.8) is 0 Å². The van der Waals surface area contributed by atoms with Crippen LogP contribution in [-0.4, -0.2) is 163 Å². The Labute approximate surface area is 503 Å². The first-order chi connectivity index (χ1) is 40.0. The summed E-state index contributed by atoms with van der Waals surface area (Å²) in [6.07, 6.45) is 7.71. The van der Waals surface area contributed by atoms with Gasteiger partial charge in [0.05, 0.1) is 71.9 Å². The number of Topliss-reactive ketones (excluding diaryl/α,β-unsaturated/α-hetero) is 1. The minimum atomic E-state index is -0.981. The predicted molar refractivity (Wildman–Crippen MR) is 327 cm³/mol. The molecule has 1 aliphatic heterocycles. The lowest BCUT2D eigenvalue weighted by Crippen LogP contribution is -2.55. The van der Waals surface area contributed by atoms with Crippen LogP contribution in [0.5, 0.6) is 0 Å². The molecule has 1 saturated heterocycles. The second-order valence-corrected chi connectivity index (χ2v) is 24.1.